The molecule has 0 spiro atoms. The third-order valence-electron chi connectivity index (χ3n) is 5.29. The first kappa shape index (κ1) is 17.7. The fraction of sp³-hybridized carbons (Fsp3) is 0.360. The van der Waals surface area contributed by atoms with Crippen molar-refractivity contribution >= 4 is 0 Å². The summed E-state index contributed by atoms with van der Waals surface area (Å²) in [6.07, 6.45) is 39.6. The number of rotatable bonds is 2. The Bertz CT molecular complexity index is 661. The van der Waals surface area contributed by atoms with E-state index in [0.717, 1.165) is 5.92 Å². The highest BCUT2D eigenvalue weighted by molar-refractivity contribution is 5.53. The summed E-state index contributed by atoms with van der Waals surface area (Å²) in [5, 5.41) is 0. The Kier molecular flexibility index (Phi) is 7.12. The summed E-state index contributed by atoms with van der Waals surface area (Å²) in [5.41, 5.74) is 4.05. The van der Waals surface area contributed by atoms with Gasteiger partial charge in [0.2, 0.25) is 0 Å². The lowest BCUT2D eigenvalue weighted by Crippen LogP contribution is -2.03. The van der Waals surface area contributed by atoms with Gasteiger partial charge in [0.05, 0.1) is 0 Å². The van der Waals surface area contributed by atoms with E-state index < -0.39 is 0 Å². The van der Waals surface area contributed by atoms with E-state index in [4.69, 9.17) is 0 Å². The average Bonchev–Trinajstić information content (AvgIpc) is 2.70. The van der Waals surface area contributed by atoms with Crippen LogP contribution in [0, 0.1) is 5.92 Å². The van der Waals surface area contributed by atoms with Crippen molar-refractivity contribution in [3.8, 4) is 0 Å². The van der Waals surface area contributed by atoms with Crippen LogP contribution in [0.3, 0.4) is 0 Å². The molecule has 0 amide bonds. The van der Waals surface area contributed by atoms with Gasteiger partial charge in [-0.15, -0.1) is 0 Å². The van der Waals surface area contributed by atoms with Crippen LogP contribution in [0.5, 0.6) is 0 Å². The van der Waals surface area contributed by atoms with Crippen LogP contribution in [0.2, 0.25) is 0 Å². The minimum atomic E-state index is 0.725. The molecule has 0 unspecified atom stereocenters. The lowest BCUT2D eigenvalue weighted by molar-refractivity contribution is 0.494. The van der Waals surface area contributed by atoms with Crippen molar-refractivity contribution in [3.63, 3.8) is 0 Å². The number of hydrogen-bond acceptors (Lipinski definition) is 0. The Labute approximate surface area is 153 Å². The maximum Gasteiger partial charge on any atom is -0.0162 e. The van der Waals surface area contributed by atoms with Crippen LogP contribution in [-0.2, 0) is 0 Å². The van der Waals surface area contributed by atoms with Gasteiger partial charge in [-0.25, -0.2) is 0 Å². The lowest BCUT2D eigenvalue weighted by atomic mass is 9.87. The van der Waals surface area contributed by atoms with Crippen molar-refractivity contribution < 1.29 is 0 Å². The second-order valence-electron chi connectivity index (χ2n) is 7.15. The van der Waals surface area contributed by atoms with Crippen LogP contribution in [0.25, 0.3) is 0 Å². The molecule has 1 saturated carbocycles. The third kappa shape index (κ3) is 5.74. The van der Waals surface area contributed by atoms with Crippen molar-refractivity contribution in [1.29, 1.82) is 0 Å². The van der Waals surface area contributed by atoms with Gasteiger partial charge in [0, 0.05) is 0 Å². The molecular formula is C25H30. The van der Waals surface area contributed by atoms with Gasteiger partial charge in [0.25, 0.3) is 0 Å². The zero-order chi connectivity index (χ0) is 17.2. The van der Waals surface area contributed by atoms with E-state index in [0.29, 0.717) is 0 Å². The Morgan fingerprint density at radius 1 is 0.480 bits per heavy atom. The van der Waals surface area contributed by atoms with Crippen LogP contribution in [0.15, 0.2) is 95.7 Å². The predicted octanol–water partition coefficient (Wildman–Crippen LogP) is 7.32. The van der Waals surface area contributed by atoms with Crippen LogP contribution in [-0.4, -0.2) is 0 Å². The lowest BCUT2D eigenvalue weighted by Gasteiger charge is -2.18. The molecule has 0 saturated heterocycles. The minimum Gasteiger partial charge on any atom is -0.0623 e. The normalized spacial score (nSPS) is 22.5. The molecule has 3 aliphatic rings. The molecule has 3 rings (SSSR count). The number of allylic oxidation sites excluding steroid dienone is 16. The molecule has 0 bridgehead atoms. The molecule has 0 atom stereocenters. The molecule has 0 heterocycles. The van der Waals surface area contributed by atoms with E-state index in [1.165, 1.54) is 68.1 Å². The van der Waals surface area contributed by atoms with Gasteiger partial charge in [-0.3, -0.25) is 0 Å². The highest BCUT2D eigenvalue weighted by atomic mass is 14.2. The largest absolute Gasteiger partial charge is 0.0623 e. The summed E-state index contributed by atoms with van der Waals surface area (Å²) in [7, 11) is 0. The molecule has 0 aromatic carbocycles. The monoisotopic (exact) mass is 330 g/mol. The van der Waals surface area contributed by atoms with Gasteiger partial charge in [-0.05, 0) is 35.5 Å². The smallest absolute Gasteiger partial charge is 0.0162 e. The standard InChI is InChI=1S/C25H30/c1-2-5-9-15-22(14-8-4-1)24-18-12-13-19-25(21-20-24)23-16-10-6-3-7-11-17-23/h3,6-7,10-13,16-22H,1-2,4-5,8-9,14-15H2. The Balaban J connectivity index is 1.80. The molecule has 25 heavy (non-hydrogen) atoms. The SMILES string of the molecule is C1=CC=CC(C2=CC=C(C3CCCCCCCC3)C=CC=C2)=CC=C1. The highest BCUT2D eigenvalue weighted by Gasteiger charge is 2.13. The first-order valence-electron chi connectivity index (χ1n) is 9.92. The van der Waals surface area contributed by atoms with Crippen LogP contribution < -0.4 is 0 Å². The summed E-state index contributed by atoms with van der Waals surface area (Å²) < 4.78 is 0. The quantitative estimate of drug-likeness (QED) is 0.497. The van der Waals surface area contributed by atoms with Gasteiger partial charge >= 0.3 is 0 Å². The summed E-state index contributed by atoms with van der Waals surface area (Å²) in [6, 6.07) is 0. The van der Waals surface area contributed by atoms with Crippen molar-refractivity contribution in [3.05, 3.63) is 95.7 Å². The average molecular weight is 331 g/mol. The van der Waals surface area contributed by atoms with E-state index in [-0.39, 0.29) is 0 Å². The summed E-state index contributed by atoms with van der Waals surface area (Å²) in [6.45, 7) is 0. The van der Waals surface area contributed by atoms with E-state index in [1.807, 2.05) is 0 Å². The highest BCUT2D eigenvalue weighted by Crippen LogP contribution is 2.29. The summed E-state index contributed by atoms with van der Waals surface area (Å²) >= 11 is 0. The zero-order valence-electron chi connectivity index (χ0n) is 15.2. The third-order valence-corrected chi connectivity index (χ3v) is 5.29. The topological polar surface area (TPSA) is 0 Å². The second kappa shape index (κ2) is 10.0. The van der Waals surface area contributed by atoms with Gasteiger partial charge in [-0.2, -0.15) is 0 Å². The molecule has 0 heteroatoms. The van der Waals surface area contributed by atoms with E-state index in [1.54, 1.807) is 0 Å². The molecule has 130 valence electrons. The van der Waals surface area contributed by atoms with E-state index in [9.17, 15) is 0 Å². The van der Waals surface area contributed by atoms with Gasteiger partial charge < -0.3 is 0 Å². The first-order chi connectivity index (χ1) is 12.4. The molecule has 3 aliphatic carbocycles. The predicted molar refractivity (Wildman–Crippen MR) is 110 cm³/mol. The number of hydrogen-bond donors (Lipinski definition) is 0. The maximum absolute atomic E-state index is 2.37. The Morgan fingerprint density at radius 2 is 1.04 bits per heavy atom. The van der Waals surface area contributed by atoms with Crippen molar-refractivity contribution in [1.82, 2.24) is 0 Å². The van der Waals surface area contributed by atoms with Crippen molar-refractivity contribution in [2.24, 2.45) is 5.92 Å². The van der Waals surface area contributed by atoms with E-state index in [2.05, 4.69) is 79.0 Å². The molecule has 0 nitrogen and oxygen atoms in total. The molecule has 0 aromatic rings. The molecule has 1 fully saturated rings. The second-order valence-corrected chi connectivity index (χ2v) is 7.15. The van der Waals surface area contributed by atoms with E-state index >= 15 is 0 Å². The molecule has 0 N–H and O–H groups in total. The molecule has 0 radical (unpaired) electrons. The maximum atomic E-state index is 2.37. The van der Waals surface area contributed by atoms with Crippen LogP contribution in [0.1, 0.15) is 51.4 Å². The Morgan fingerprint density at radius 3 is 1.84 bits per heavy atom. The Hall–Kier alpha value is -2.08. The van der Waals surface area contributed by atoms with Crippen molar-refractivity contribution in [2.45, 2.75) is 51.4 Å². The van der Waals surface area contributed by atoms with Gasteiger partial charge in [0.15, 0.2) is 0 Å². The minimum absolute atomic E-state index is 0.725. The fourth-order valence-corrected chi connectivity index (χ4v) is 3.81. The van der Waals surface area contributed by atoms with Crippen LogP contribution in [0.4, 0.5) is 0 Å². The first-order valence-corrected chi connectivity index (χ1v) is 9.92. The van der Waals surface area contributed by atoms with Crippen molar-refractivity contribution in [2.75, 3.05) is 0 Å². The van der Waals surface area contributed by atoms with Gasteiger partial charge in [-0.1, -0.05) is 118 Å². The fourth-order valence-electron chi connectivity index (χ4n) is 3.81. The van der Waals surface area contributed by atoms with Gasteiger partial charge in [0.1, 0.15) is 0 Å². The zero-order valence-corrected chi connectivity index (χ0v) is 15.2. The molecular weight excluding hydrogens is 300 g/mol. The molecule has 0 aromatic heterocycles. The van der Waals surface area contributed by atoms with Crippen LogP contribution >= 0.6 is 0 Å². The molecule has 0 aliphatic heterocycles. The summed E-state index contributed by atoms with van der Waals surface area (Å²) in [4.78, 5) is 0. The summed E-state index contributed by atoms with van der Waals surface area (Å²) in [5.74, 6) is 0.725.